The lowest BCUT2D eigenvalue weighted by Gasteiger charge is -2.18. The Morgan fingerprint density at radius 1 is 0.688 bits per heavy atom. The lowest BCUT2D eigenvalue weighted by atomic mass is 9.94. The molecule has 0 aliphatic heterocycles. The molecule has 0 fully saturated rings. The van der Waals surface area contributed by atoms with Crippen molar-refractivity contribution in [1.29, 1.82) is 0 Å². The van der Waals surface area contributed by atoms with Crippen LogP contribution >= 0.6 is 24.8 Å². The molecule has 180 valence electrons. The molecular weight excluding hydrogens is 451 g/mol. The number of hydrogen-bond donors (Lipinski definition) is 2. The Bertz CT molecular complexity index is 698. The molecule has 0 bridgehead atoms. The number of esters is 2. The first-order valence-corrected chi connectivity index (χ1v) is 10.3. The predicted molar refractivity (Wildman–Crippen MR) is 133 cm³/mol. The fourth-order valence-electron chi connectivity index (χ4n) is 2.81. The Kier molecular flexibility index (Phi) is 17.5. The fourth-order valence-corrected chi connectivity index (χ4v) is 2.81. The molecule has 0 spiro atoms. The average molecular weight is 487 g/mol. The van der Waals surface area contributed by atoms with Gasteiger partial charge in [-0.1, -0.05) is 74.5 Å². The van der Waals surface area contributed by atoms with Gasteiger partial charge < -0.3 is 20.9 Å². The van der Waals surface area contributed by atoms with Crippen LogP contribution in [-0.4, -0.2) is 37.2 Å². The monoisotopic (exact) mass is 486 g/mol. The molecule has 8 heteroatoms. The van der Waals surface area contributed by atoms with Crippen LogP contribution in [0.4, 0.5) is 0 Å². The van der Waals surface area contributed by atoms with E-state index in [0.717, 1.165) is 11.1 Å². The van der Waals surface area contributed by atoms with Gasteiger partial charge >= 0.3 is 11.9 Å². The maximum Gasteiger partial charge on any atom is 0.323 e. The first-order chi connectivity index (χ1) is 14.3. The molecule has 2 aromatic carbocycles. The normalized spacial score (nSPS) is 13.4. The van der Waals surface area contributed by atoms with E-state index in [9.17, 15) is 9.59 Å². The first-order valence-electron chi connectivity index (χ1n) is 10.3. The van der Waals surface area contributed by atoms with E-state index in [0.29, 0.717) is 13.2 Å². The number of hydrogen-bond acceptors (Lipinski definition) is 6. The lowest BCUT2D eigenvalue weighted by molar-refractivity contribution is -0.146. The fraction of sp³-hybridized carbons (Fsp3) is 0.417. The van der Waals surface area contributed by atoms with E-state index < -0.39 is 12.1 Å². The minimum atomic E-state index is -0.590. The van der Waals surface area contributed by atoms with Crippen LogP contribution in [0.2, 0.25) is 0 Å². The van der Waals surface area contributed by atoms with Gasteiger partial charge in [0, 0.05) is 11.8 Å². The van der Waals surface area contributed by atoms with Crippen molar-refractivity contribution in [3.8, 4) is 0 Å². The summed E-state index contributed by atoms with van der Waals surface area (Å²) in [6, 6.07) is 18.3. The van der Waals surface area contributed by atoms with Crippen LogP contribution in [0.25, 0.3) is 0 Å². The minimum Gasteiger partial charge on any atom is -0.465 e. The first kappa shape index (κ1) is 32.1. The molecule has 0 amide bonds. The van der Waals surface area contributed by atoms with Gasteiger partial charge in [-0.25, -0.2) is 0 Å². The molecular formula is C24H36Cl2N2O4. The molecule has 0 aliphatic rings. The molecule has 0 saturated carbocycles. The van der Waals surface area contributed by atoms with Gasteiger partial charge in [-0.2, -0.15) is 0 Å². The van der Waals surface area contributed by atoms with E-state index in [1.165, 1.54) is 0 Å². The van der Waals surface area contributed by atoms with E-state index in [2.05, 4.69) is 0 Å². The smallest absolute Gasteiger partial charge is 0.323 e. The standard InChI is InChI=1S/2C12H17NO2.2ClH/c2*1-3-15-12(14)11(13)9(2)10-7-5-4-6-8-10;;/h2*4-9,11H,3,13H2,1-2H3;2*1H/t2*9-,11+;;/m10../s1. The number of carbonyl (C=O) groups is 2. The van der Waals surface area contributed by atoms with E-state index in [4.69, 9.17) is 20.9 Å². The number of carbonyl (C=O) groups excluding carboxylic acids is 2. The Morgan fingerprint density at radius 2 is 0.969 bits per heavy atom. The second-order valence-electron chi connectivity index (χ2n) is 6.95. The highest BCUT2D eigenvalue weighted by Crippen LogP contribution is 2.19. The zero-order valence-electron chi connectivity index (χ0n) is 19.1. The van der Waals surface area contributed by atoms with Crippen LogP contribution in [0, 0.1) is 0 Å². The quantitative estimate of drug-likeness (QED) is 0.541. The minimum absolute atomic E-state index is 0. The maximum absolute atomic E-state index is 11.4. The summed E-state index contributed by atoms with van der Waals surface area (Å²) in [6.07, 6.45) is 0. The van der Waals surface area contributed by atoms with Gasteiger partial charge in [0.15, 0.2) is 0 Å². The Morgan fingerprint density at radius 3 is 1.22 bits per heavy atom. The largest absolute Gasteiger partial charge is 0.465 e. The van der Waals surface area contributed by atoms with Crippen LogP contribution < -0.4 is 11.5 Å². The van der Waals surface area contributed by atoms with E-state index >= 15 is 0 Å². The molecule has 32 heavy (non-hydrogen) atoms. The number of benzene rings is 2. The highest BCUT2D eigenvalue weighted by atomic mass is 35.5. The van der Waals surface area contributed by atoms with Crippen LogP contribution in [0.15, 0.2) is 60.7 Å². The zero-order valence-corrected chi connectivity index (χ0v) is 20.7. The lowest BCUT2D eigenvalue weighted by Crippen LogP contribution is -2.37. The third kappa shape index (κ3) is 10.5. The number of halogens is 2. The van der Waals surface area contributed by atoms with Gasteiger partial charge in [0.2, 0.25) is 0 Å². The molecule has 4 N–H and O–H groups in total. The number of nitrogens with two attached hydrogens (primary N) is 2. The predicted octanol–water partition coefficient (Wildman–Crippen LogP) is 4.20. The van der Waals surface area contributed by atoms with E-state index in [1.807, 2.05) is 74.5 Å². The van der Waals surface area contributed by atoms with E-state index in [-0.39, 0.29) is 48.6 Å². The molecule has 6 nitrogen and oxygen atoms in total. The molecule has 0 saturated heterocycles. The highest BCUT2D eigenvalue weighted by molar-refractivity contribution is 5.85. The zero-order chi connectivity index (χ0) is 22.5. The summed E-state index contributed by atoms with van der Waals surface area (Å²) in [6.45, 7) is 8.14. The van der Waals surface area contributed by atoms with Crippen LogP contribution in [0.5, 0.6) is 0 Å². The van der Waals surface area contributed by atoms with Gasteiger partial charge in [-0.05, 0) is 25.0 Å². The summed E-state index contributed by atoms with van der Waals surface area (Å²) in [5, 5.41) is 0. The highest BCUT2D eigenvalue weighted by Gasteiger charge is 2.23. The van der Waals surface area contributed by atoms with E-state index in [1.54, 1.807) is 13.8 Å². The van der Waals surface area contributed by atoms with Crippen LogP contribution in [0.3, 0.4) is 0 Å². The van der Waals surface area contributed by atoms with Crippen molar-refractivity contribution in [3.05, 3.63) is 71.8 Å². The SMILES string of the molecule is CCOC(=O)[C@@H](N)[C@H](C)c1ccccc1.CCOC(=O)[C@H](N)[C@@H](C)c1ccccc1.Cl.Cl. The van der Waals surface area contributed by atoms with Gasteiger partial charge in [-0.15, -0.1) is 24.8 Å². The average Bonchev–Trinajstić information content (AvgIpc) is 2.79. The van der Waals surface area contributed by atoms with Crippen molar-refractivity contribution in [1.82, 2.24) is 0 Å². The summed E-state index contributed by atoms with van der Waals surface area (Å²) < 4.78 is 9.76. The molecule has 0 aromatic heterocycles. The Labute approximate surface area is 203 Å². The van der Waals surface area contributed by atoms with Crippen molar-refractivity contribution in [3.63, 3.8) is 0 Å². The second kappa shape index (κ2) is 17.4. The van der Waals surface area contributed by atoms with Crippen molar-refractivity contribution in [2.45, 2.75) is 51.6 Å². The number of rotatable bonds is 8. The Hall–Kier alpha value is -2.12. The third-order valence-electron chi connectivity index (χ3n) is 4.85. The molecule has 2 aromatic rings. The third-order valence-corrected chi connectivity index (χ3v) is 4.85. The van der Waals surface area contributed by atoms with Crippen molar-refractivity contribution in [2.24, 2.45) is 11.5 Å². The van der Waals surface area contributed by atoms with Crippen molar-refractivity contribution >= 4 is 36.8 Å². The molecule has 2 rings (SSSR count). The number of ether oxygens (including phenoxy) is 2. The maximum atomic E-state index is 11.4. The molecule has 0 radical (unpaired) electrons. The van der Waals surface area contributed by atoms with Crippen LogP contribution in [0.1, 0.15) is 50.7 Å². The second-order valence-corrected chi connectivity index (χ2v) is 6.95. The summed E-state index contributed by atoms with van der Waals surface area (Å²) in [7, 11) is 0. The summed E-state index contributed by atoms with van der Waals surface area (Å²) in [5.74, 6) is -0.724. The molecule has 0 unspecified atom stereocenters. The van der Waals surface area contributed by atoms with Crippen LogP contribution in [-0.2, 0) is 19.1 Å². The Balaban J connectivity index is 0. The topological polar surface area (TPSA) is 105 Å². The van der Waals surface area contributed by atoms with Gasteiger partial charge in [0.05, 0.1) is 13.2 Å². The molecule has 0 heterocycles. The van der Waals surface area contributed by atoms with Crippen molar-refractivity contribution in [2.75, 3.05) is 13.2 Å². The summed E-state index contributed by atoms with van der Waals surface area (Å²) in [5.41, 5.74) is 13.7. The van der Waals surface area contributed by atoms with Gasteiger partial charge in [0.25, 0.3) is 0 Å². The summed E-state index contributed by atoms with van der Waals surface area (Å²) >= 11 is 0. The van der Waals surface area contributed by atoms with Gasteiger partial charge in [0.1, 0.15) is 12.1 Å². The van der Waals surface area contributed by atoms with Gasteiger partial charge in [-0.3, -0.25) is 9.59 Å². The summed E-state index contributed by atoms with van der Waals surface area (Å²) in [4.78, 5) is 22.8. The molecule has 0 aliphatic carbocycles. The van der Waals surface area contributed by atoms with Crippen molar-refractivity contribution < 1.29 is 19.1 Å². The molecule has 4 atom stereocenters.